The molecule has 0 spiro atoms. The number of pyridine rings is 1. The molecule has 0 saturated heterocycles. The fourth-order valence-corrected chi connectivity index (χ4v) is 5.55. The van der Waals surface area contributed by atoms with Crippen LogP contribution in [0.25, 0.3) is 10.9 Å². The third-order valence-electron chi connectivity index (χ3n) is 5.27. The summed E-state index contributed by atoms with van der Waals surface area (Å²) in [4.78, 5) is 24.1. The maximum absolute atomic E-state index is 13.5. The molecule has 31 heavy (non-hydrogen) atoms. The molecule has 0 bridgehead atoms. The van der Waals surface area contributed by atoms with E-state index in [9.17, 15) is 22.8 Å². The minimum absolute atomic E-state index is 0.00926. The van der Waals surface area contributed by atoms with Gasteiger partial charge in [0.05, 0.1) is 0 Å². The zero-order valence-electron chi connectivity index (χ0n) is 18.3. The number of nitrogens with zero attached hydrogens (tertiary/aromatic N) is 1. The van der Waals surface area contributed by atoms with Crippen molar-refractivity contribution >= 4 is 36.3 Å². The van der Waals surface area contributed by atoms with Gasteiger partial charge in [-0.2, -0.15) is 0 Å². The van der Waals surface area contributed by atoms with E-state index in [2.05, 4.69) is 0 Å². The standard InChI is InChI=1S/C23H30F3NO3Se/c1-4-16(3)22(29)30-13-8-6-7-9-14-31-19-15-20(28)27(5-2)21-17(19)11-10-12-18(21)23(24,25)26/h10-12,15-16H,4-9,13-14H2,1-3H3. The first-order chi connectivity index (χ1) is 14.7. The summed E-state index contributed by atoms with van der Waals surface area (Å²) in [6.07, 6.45) is -0.118. The molecule has 1 aromatic carbocycles. The van der Waals surface area contributed by atoms with Crippen LogP contribution in [-0.2, 0) is 22.3 Å². The van der Waals surface area contributed by atoms with Gasteiger partial charge in [-0.25, -0.2) is 0 Å². The van der Waals surface area contributed by atoms with Crippen molar-refractivity contribution < 1.29 is 22.7 Å². The van der Waals surface area contributed by atoms with Gasteiger partial charge in [-0.15, -0.1) is 0 Å². The fourth-order valence-electron chi connectivity index (χ4n) is 3.29. The molecule has 0 aliphatic carbocycles. The Bertz CT molecular complexity index is 940. The second-order valence-electron chi connectivity index (χ2n) is 7.53. The summed E-state index contributed by atoms with van der Waals surface area (Å²) < 4.78 is 47.7. The van der Waals surface area contributed by atoms with Crippen molar-refractivity contribution in [1.29, 1.82) is 0 Å². The first kappa shape index (κ1) is 25.5. The fraction of sp³-hybridized carbons (Fsp3) is 0.565. The number of alkyl halides is 3. The van der Waals surface area contributed by atoms with Crippen LogP contribution in [0.1, 0.15) is 58.4 Å². The molecule has 0 amide bonds. The quantitative estimate of drug-likeness (QED) is 0.248. The van der Waals surface area contributed by atoms with E-state index >= 15 is 0 Å². The summed E-state index contributed by atoms with van der Waals surface area (Å²) in [5.41, 5.74) is -1.15. The van der Waals surface area contributed by atoms with E-state index in [0.29, 0.717) is 12.0 Å². The summed E-state index contributed by atoms with van der Waals surface area (Å²) in [7, 11) is 0. The maximum atomic E-state index is 13.5. The minimum atomic E-state index is -4.51. The van der Waals surface area contributed by atoms with E-state index in [4.69, 9.17) is 4.74 Å². The van der Waals surface area contributed by atoms with Crippen LogP contribution in [-0.4, -0.2) is 32.1 Å². The van der Waals surface area contributed by atoms with Crippen LogP contribution >= 0.6 is 0 Å². The number of carbonyl (C=O) groups is 1. The SMILES string of the molecule is CCC(C)C(=O)OCCCCCC[Se]c1cc(=O)n(CC)c2c(C(F)(F)F)cccc12. The second-order valence-corrected chi connectivity index (χ2v) is 9.92. The molecular weight excluding hydrogens is 474 g/mol. The zero-order chi connectivity index (χ0) is 23.0. The Morgan fingerprint density at radius 1 is 1.16 bits per heavy atom. The average Bonchev–Trinajstić information content (AvgIpc) is 2.73. The van der Waals surface area contributed by atoms with E-state index < -0.39 is 11.7 Å². The number of carbonyl (C=O) groups excluding carboxylic acids is 1. The molecule has 1 atom stereocenters. The van der Waals surface area contributed by atoms with Gasteiger partial charge >= 0.3 is 187 Å². The zero-order valence-corrected chi connectivity index (χ0v) is 20.0. The van der Waals surface area contributed by atoms with E-state index in [1.807, 2.05) is 13.8 Å². The molecule has 0 aliphatic heterocycles. The molecule has 2 rings (SSSR count). The molecule has 1 unspecified atom stereocenters. The number of ether oxygens (including phenoxy) is 1. The third kappa shape index (κ3) is 6.84. The van der Waals surface area contributed by atoms with Crippen molar-refractivity contribution in [1.82, 2.24) is 4.57 Å². The number of unbranched alkanes of at least 4 members (excludes halogenated alkanes) is 3. The van der Waals surface area contributed by atoms with Gasteiger partial charge in [-0.1, -0.05) is 0 Å². The van der Waals surface area contributed by atoms with Crippen molar-refractivity contribution in [2.75, 3.05) is 6.61 Å². The number of esters is 1. The van der Waals surface area contributed by atoms with Gasteiger partial charge in [-0.3, -0.25) is 0 Å². The van der Waals surface area contributed by atoms with Crippen molar-refractivity contribution in [2.45, 2.75) is 70.9 Å². The predicted molar refractivity (Wildman–Crippen MR) is 118 cm³/mol. The summed E-state index contributed by atoms with van der Waals surface area (Å²) >= 11 is -0.0858. The number of hydrogen-bond donors (Lipinski definition) is 0. The van der Waals surface area contributed by atoms with Crippen molar-refractivity contribution in [3.05, 3.63) is 40.2 Å². The normalized spacial score (nSPS) is 12.8. The van der Waals surface area contributed by atoms with E-state index in [-0.39, 0.29) is 44.5 Å². The molecule has 2 aromatic rings. The predicted octanol–water partition coefficient (Wildman–Crippen LogP) is 4.94. The number of aryl methyl sites for hydroxylation is 1. The topological polar surface area (TPSA) is 48.3 Å². The Hall–Kier alpha value is -1.79. The molecule has 0 aliphatic rings. The summed E-state index contributed by atoms with van der Waals surface area (Å²) in [5, 5.41) is 1.37. The number of fused-ring (bicyclic) bond motifs is 1. The van der Waals surface area contributed by atoms with Gasteiger partial charge in [-0.05, 0) is 0 Å². The van der Waals surface area contributed by atoms with Crippen molar-refractivity contribution in [3.63, 3.8) is 0 Å². The molecule has 4 nitrogen and oxygen atoms in total. The van der Waals surface area contributed by atoms with Crippen LogP contribution in [0.2, 0.25) is 5.32 Å². The van der Waals surface area contributed by atoms with Crippen molar-refractivity contribution in [2.24, 2.45) is 5.92 Å². The molecular formula is C23H30F3NO3Se. The number of aromatic nitrogens is 1. The molecule has 0 N–H and O–H groups in total. The molecule has 172 valence electrons. The summed E-state index contributed by atoms with van der Waals surface area (Å²) in [6, 6.07) is 5.63. The van der Waals surface area contributed by atoms with Crippen LogP contribution < -0.4 is 10.0 Å². The Balaban J connectivity index is 1.96. The molecule has 1 heterocycles. The summed E-state index contributed by atoms with van der Waals surface area (Å²) in [5.74, 6) is -0.226. The average molecular weight is 504 g/mol. The van der Waals surface area contributed by atoms with Crippen LogP contribution in [0.15, 0.2) is 29.1 Å². The number of rotatable bonds is 11. The van der Waals surface area contributed by atoms with Crippen LogP contribution in [0.3, 0.4) is 0 Å². The van der Waals surface area contributed by atoms with E-state index in [1.54, 1.807) is 13.0 Å². The van der Waals surface area contributed by atoms with Gasteiger partial charge < -0.3 is 0 Å². The van der Waals surface area contributed by atoms with Crippen LogP contribution in [0, 0.1) is 5.92 Å². The van der Waals surface area contributed by atoms with Gasteiger partial charge in [0.25, 0.3) is 0 Å². The van der Waals surface area contributed by atoms with Gasteiger partial charge in [0.2, 0.25) is 0 Å². The number of halogens is 3. The monoisotopic (exact) mass is 505 g/mol. The first-order valence-corrected chi connectivity index (χ1v) is 12.8. The Morgan fingerprint density at radius 3 is 2.52 bits per heavy atom. The van der Waals surface area contributed by atoms with E-state index in [1.165, 1.54) is 16.7 Å². The molecule has 0 fully saturated rings. The van der Waals surface area contributed by atoms with Crippen LogP contribution in [0.4, 0.5) is 13.2 Å². The van der Waals surface area contributed by atoms with Gasteiger partial charge in [0.1, 0.15) is 0 Å². The van der Waals surface area contributed by atoms with E-state index in [0.717, 1.165) is 48.0 Å². The van der Waals surface area contributed by atoms with Crippen molar-refractivity contribution in [3.8, 4) is 0 Å². The molecule has 1 aromatic heterocycles. The molecule has 0 saturated carbocycles. The Labute approximate surface area is 187 Å². The third-order valence-corrected chi connectivity index (χ3v) is 7.66. The van der Waals surface area contributed by atoms with Gasteiger partial charge in [0.15, 0.2) is 0 Å². The first-order valence-electron chi connectivity index (χ1n) is 10.7. The number of hydrogen-bond acceptors (Lipinski definition) is 3. The van der Waals surface area contributed by atoms with Gasteiger partial charge in [0, 0.05) is 0 Å². The second kappa shape index (κ2) is 11.7. The van der Waals surface area contributed by atoms with Crippen LogP contribution in [0.5, 0.6) is 0 Å². The summed E-state index contributed by atoms with van der Waals surface area (Å²) in [6.45, 7) is 6.10. The molecule has 8 heteroatoms. The molecule has 0 radical (unpaired) electrons. The Kier molecular flexibility index (Phi) is 9.63. The Morgan fingerprint density at radius 2 is 1.87 bits per heavy atom. The number of para-hydroxylation sites is 1. The number of benzene rings is 1.